The van der Waals surface area contributed by atoms with Crippen molar-refractivity contribution in [1.29, 1.82) is 0 Å². The fourth-order valence-electron chi connectivity index (χ4n) is 4.17. The molecule has 0 radical (unpaired) electrons. The van der Waals surface area contributed by atoms with Gasteiger partial charge in [-0.15, -0.1) is 0 Å². The molecule has 0 amide bonds. The van der Waals surface area contributed by atoms with Gasteiger partial charge < -0.3 is 5.32 Å². The van der Waals surface area contributed by atoms with Gasteiger partial charge in [0.25, 0.3) is 0 Å². The molecule has 1 nitrogen and oxygen atoms in total. The molecule has 0 aromatic heterocycles. The standard InChI is InChI=1S/C19H20BrN/c20-15-7-9-16-14(11-15)6-8-17-18(16)12-21-19(17)10-13-4-2-1-3-5-13/h1-5,7,9,11,17-19,21H,6,8,10,12H2. The average molecular weight is 342 g/mol. The molecule has 0 spiro atoms. The largest absolute Gasteiger partial charge is 0.313 e. The third kappa shape index (κ3) is 2.56. The molecule has 4 rings (SSSR count). The fourth-order valence-corrected chi connectivity index (χ4v) is 4.58. The third-order valence-electron chi connectivity index (χ3n) is 5.18. The molecule has 1 fully saturated rings. The summed E-state index contributed by atoms with van der Waals surface area (Å²) in [7, 11) is 0. The average Bonchev–Trinajstić information content (AvgIpc) is 2.91. The van der Waals surface area contributed by atoms with E-state index in [1.807, 2.05) is 0 Å². The number of benzene rings is 2. The predicted octanol–water partition coefficient (Wildman–Crippen LogP) is 4.31. The van der Waals surface area contributed by atoms with E-state index in [9.17, 15) is 0 Å². The smallest absolute Gasteiger partial charge is 0.0178 e. The van der Waals surface area contributed by atoms with Crippen LogP contribution in [0, 0.1) is 5.92 Å². The van der Waals surface area contributed by atoms with Gasteiger partial charge in [-0.25, -0.2) is 0 Å². The van der Waals surface area contributed by atoms with Gasteiger partial charge in [0.05, 0.1) is 0 Å². The lowest BCUT2D eigenvalue weighted by molar-refractivity contribution is 0.373. The van der Waals surface area contributed by atoms with Crippen molar-refractivity contribution in [2.45, 2.75) is 31.2 Å². The molecule has 2 aliphatic rings. The summed E-state index contributed by atoms with van der Waals surface area (Å²) < 4.78 is 1.21. The molecule has 1 heterocycles. The van der Waals surface area contributed by atoms with E-state index in [1.54, 1.807) is 11.1 Å². The minimum absolute atomic E-state index is 0.634. The van der Waals surface area contributed by atoms with Gasteiger partial charge in [0, 0.05) is 23.0 Å². The van der Waals surface area contributed by atoms with E-state index in [0.29, 0.717) is 12.0 Å². The highest BCUT2D eigenvalue weighted by Gasteiger charge is 2.39. The highest BCUT2D eigenvalue weighted by molar-refractivity contribution is 9.10. The van der Waals surface area contributed by atoms with Crippen molar-refractivity contribution in [3.05, 3.63) is 69.7 Å². The van der Waals surface area contributed by atoms with E-state index in [-0.39, 0.29) is 0 Å². The summed E-state index contributed by atoms with van der Waals surface area (Å²) in [6.07, 6.45) is 3.70. The van der Waals surface area contributed by atoms with Gasteiger partial charge in [-0.3, -0.25) is 0 Å². The lowest BCUT2D eigenvalue weighted by Crippen LogP contribution is -2.31. The van der Waals surface area contributed by atoms with E-state index in [2.05, 4.69) is 69.8 Å². The van der Waals surface area contributed by atoms with Crippen LogP contribution in [0.25, 0.3) is 0 Å². The quantitative estimate of drug-likeness (QED) is 0.858. The van der Waals surface area contributed by atoms with Crippen LogP contribution in [-0.4, -0.2) is 12.6 Å². The Morgan fingerprint density at radius 3 is 2.81 bits per heavy atom. The minimum atomic E-state index is 0.634. The molecular formula is C19H20BrN. The van der Waals surface area contributed by atoms with Crippen LogP contribution in [-0.2, 0) is 12.8 Å². The summed E-state index contributed by atoms with van der Waals surface area (Å²) in [6, 6.07) is 18.4. The van der Waals surface area contributed by atoms with Crippen molar-refractivity contribution in [3.8, 4) is 0 Å². The lowest BCUT2D eigenvalue weighted by Gasteiger charge is -2.31. The maximum absolute atomic E-state index is 3.79. The maximum Gasteiger partial charge on any atom is 0.0178 e. The molecule has 0 bridgehead atoms. The number of nitrogens with one attached hydrogen (secondary N) is 1. The topological polar surface area (TPSA) is 12.0 Å². The Kier molecular flexibility index (Phi) is 3.60. The number of fused-ring (bicyclic) bond motifs is 3. The second kappa shape index (κ2) is 5.58. The van der Waals surface area contributed by atoms with E-state index < -0.39 is 0 Å². The van der Waals surface area contributed by atoms with Gasteiger partial charge in [-0.1, -0.05) is 52.3 Å². The first-order valence-electron chi connectivity index (χ1n) is 7.87. The zero-order chi connectivity index (χ0) is 14.2. The Bertz CT molecular complexity index is 637. The van der Waals surface area contributed by atoms with Crippen LogP contribution in [0.4, 0.5) is 0 Å². The van der Waals surface area contributed by atoms with Gasteiger partial charge in [-0.2, -0.15) is 0 Å². The summed E-state index contributed by atoms with van der Waals surface area (Å²) in [5, 5.41) is 3.79. The van der Waals surface area contributed by atoms with Crippen LogP contribution in [0.15, 0.2) is 53.0 Å². The number of hydrogen-bond donors (Lipinski definition) is 1. The zero-order valence-electron chi connectivity index (χ0n) is 12.1. The Morgan fingerprint density at radius 1 is 1.10 bits per heavy atom. The van der Waals surface area contributed by atoms with Crippen molar-refractivity contribution in [2.24, 2.45) is 5.92 Å². The van der Waals surface area contributed by atoms with Crippen LogP contribution >= 0.6 is 15.9 Å². The number of halogens is 1. The van der Waals surface area contributed by atoms with Crippen molar-refractivity contribution >= 4 is 15.9 Å². The molecule has 1 aliphatic heterocycles. The Balaban J connectivity index is 1.57. The van der Waals surface area contributed by atoms with Crippen LogP contribution in [0.2, 0.25) is 0 Å². The monoisotopic (exact) mass is 341 g/mol. The van der Waals surface area contributed by atoms with Crippen molar-refractivity contribution in [2.75, 3.05) is 6.54 Å². The molecule has 21 heavy (non-hydrogen) atoms. The second-order valence-electron chi connectivity index (χ2n) is 6.36. The maximum atomic E-state index is 3.79. The molecular weight excluding hydrogens is 322 g/mol. The summed E-state index contributed by atoms with van der Waals surface area (Å²) in [5.41, 5.74) is 4.59. The summed E-state index contributed by atoms with van der Waals surface area (Å²) in [6.45, 7) is 1.14. The highest BCUT2D eigenvalue weighted by atomic mass is 79.9. The SMILES string of the molecule is Brc1ccc2c(c1)CCC1C(Cc3ccccc3)NCC21. The molecule has 1 aliphatic carbocycles. The molecule has 108 valence electrons. The second-order valence-corrected chi connectivity index (χ2v) is 7.27. The summed E-state index contributed by atoms with van der Waals surface area (Å²) in [5.74, 6) is 1.49. The Morgan fingerprint density at radius 2 is 1.95 bits per heavy atom. The number of rotatable bonds is 2. The first-order valence-corrected chi connectivity index (χ1v) is 8.66. The normalized spacial score (nSPS) is 27.2. The first-order chi connectivity index (χ1) is 10.3. The lowest BCUT2D eigenvalue weighted by atomic mass is 9.74. The van der Waals surface area contributed by atoms with Crippen molar-refractivity contribution in [3.63, 3.8) is 0 Å². The fraction of sp³-hybridized carbons (Fsp3) is 0.368. The van der Waals surface area contributed by atoms with Crippen molar-refractivity contribution in [1.82, 2.24) is 5.32 Å². The third-order valence-corrected chi connectivity index (χ3v) is 5.68. The molecule has 2 heteroatoms. The van der Waals surface area contributed by atoms with Gasteiger partial charge in [0.1, 0.15) is 0 Å². The molecule has 1 saturated heterocycles. The van der Waals surface area contributed by atoms with E-state index in [0.717, 1.165) is 18.9 Å². The molecule has 2 aromatic rings. The Hall–Kier alpha value is -1.12. The van der Waals surface area contributed by atoms with Gasteiger partial charge in [-0.05, 0) is 54.0 Å². The molecule has 1 N–H and O–H groups in total. The van der Waals surface area contributed by atoms with Crippen LogP contribution in [0.3, 0.4) is 0 Å². The van der Waals surface area contributed by atoms with Gasteiger partial charge in [0.2, 0.25) is 0 Å². The molecule has 3 unspecified atom stereocenters. The van der Waals surface area contributed by atoms with E-state index in [1.165, 1.54) is 22.9 Å². The van der Waals surface area contributed by atoms with Crippen LogP contribution in [0.1, 0.15) is 29.0 Å². The Labute approximate surface area is 134 Å². The van der Waals surface area contributed by atoms with Crippen molar-refractivity contribution < 1.29 is 0 Å². The van der Waals surface area contributed by atoms with Crippen LogP contribution < -0.4 is 5.32 Å². The molecule has 2 aromatic carbocycles. The minimum Gasteiger partial charge on any atom is -0.313 e. The van der Waals surface area contributed by atoms with Gasteiger partial charge in [0.15, 0.2) is 0 Å². The summed E-state index contributed by atoms with van der Waals surface area (Å²) in [4.78, 5) is 0. The molecule has 0 saturated carbocycles. The predicted molar refractivity (Wildman–Crippen MR) is 90.6 cm³/mol. The number of hydrogen-bond acceptors (Lipinski definition) is 1. The molecule has 3 atom stereocenters. The first kappa shape index (κ1) is 13.5. The van der Waals surface area contributed by atoms with Gasteiger partial charge >= 0.3 is 0 Å². The zero-order valence-corrected chi connectivity index (χ0v) is 13.6. The summed E-state index contributed by atoms with van der Waals surface area (Å²) >= 11 is 3.60. The highest BCUT2D eigenvalue weighted by Crippen LogP contribution is 2.42. The van der Waals surface area contributed by atoms with Crippen LogP contribution in [0.5, 0.6) is 0 Å². The number of aryl methyl sites for hydroxylation is 1. The van der Waals surface area contributed by atoms with E-state index in [4.69, 9.17) is 0 Å². The van der Waals surface area contributed by atoms with E-state index >= 15 is 0 Å².